The van der Waals surface area contributed by atoms with Gasteiger partial charge in [-0.2, -0.15) is 0 Å². The molecule has 3 aromatic rings. The van der Waals surface area contributed by atoms with Crippen molar-refractivity contribution in [2.24, 2.45) is 0 Å². The van der Waals surface area contributed by atoms with Crippen LogP contribution in [0, 0.1) is 0 Å². The second kappa shape index (κ2) is 5.79. The number of hydrogen-bond donors (Lipinski definition) is 1. The number of rotatable bonds is 4. The van der Waals surface area contributed by atoms with E-state index in [2.05, 4.69) is 55.8 Å². The average Bonchev–Trinajstić information content (AvgIpc) is 3.18. The summed E-state index contributed by atoms with van der Waals surface area (Å²) < 4.78 is 7.40. The molecule has 120 valence electrons. The molecule has 1 aromatic carbocycles. The molecular weight excluding hydrogens is 290 g/mol. The van der Waals surface area contributed by atoms with Crippen LogP contribution in [0.15, 0.2) is 30.5 Å². The van der Waals surface area contributed by atoms with Gasteiger partial charge in [0.2, 0.25) is 0 Å². The molecule has 0 unspecified atom stereocenters. The lowest BCUT2D eigenvalue weighted by Gasteiger charge is -2.33. The number of hydrogen-bond acceptors (Lipinski definition) is 4. The molecule has 0 saturated carbocycles. The van der Waals surface area contributed by atoms with Crippen molar-refractivity contribution in [1.29, 1.82) is 0 Å². The number of fused-ring (bicyclic) bond motifs is 2. The normalized spacial score (nSPS) is 18.4. The highest BCUT2D eigenvalue weighted by Crippen LogP contribution is 2.28. The Balaban J connectivity index is 1.60. The summed E-state index contributed by atoms with van der Waals surface area (Å²) >= 11 is 0. The van der Waals surface area contributed by atoms with E-state index in [9.17, 15) is 0 Å². The van der Waals surface area contributed by atoms with Crippen molar-refractivity contribution >= 4 is 10.9 Å². The fourth-order valence-corrected chi connectivity index (χ4v) is 3.45. The highest BCUT2D eigenvalue weighted by atomic mass is 16.5. The largest absolute Gasteiger partial charge is 0.377 e. The number of aromatic nitrogens is 4. The molecule has 6 heteroatoms. The van der Waals surface area contributed by atoms with Crippen LogP contribution in [-0.2, 0) is 24.4 Å². The minimum atomic E-state index is 0.246. The molecule has 4 rings (SSSR count). The Hall–Kier alpha value is -2.18. The zero-order valence-corrected chi connectivity index (χ0v) is 13.5. The summed E-state index contributed by atoms with van der Waals surface area (Å²) in [5.41, 5.74) is 2.54. The predicted molar refractivity (Wildman–Crippen MR) is 87.9 cm³/mol. The van der Waals surface area contributed by atoms with Gasteiger partial charge in [0.25, 0.3) is 0 Å². The molecule has 6 nitrogen and oxygen atoms in total. The molecule has 0 spiro atoms. The van der Waals surface area contributed by atoms with Gasteiger partial charge in [-0.15, -0.1) is 10.2 Å². The highest BCUT2D eigenvalue weighted by Gasteiger charge is 2.28. The molecule has 1 aliphatic heterocycles. The van der Waals surface area contributed by atoms with E-state index in [1.54, 1.807) is 7.11 Å². The van der Waals surface area contributed by atoms with E-state index < -0.39 is 0 Å². The van der Waals surface area contributed by atoms with Gasteiger partial charge < -0.3 is 14.3 Å². The summed E-state index contributed by atoms with van der Waals surface area (Å²) in [5, 5.41) is 9.96. The van der Waals surface area contributed by atoms with Gasteiger partial charge in [0.15, 0.2) is 5.82 Å². The monoisotopic (exact) mass is 311 g/mol. The Kier molecular flexibility index (Phi) is 3.63. The van der Waals surface area contributed by atoms with Gasteiger partial charge in [-0.1, -0.05) is 12.1 Å². The molecule has 1 atom stereocenters. The number of benzene rings is 1. The Morgan fingerprint density at radius 1 is 1.26 bits per heavy atom. The Morgan fingerprint density at radius 3 is 3.04 bits per heavy atom. The van der Waals surface area contributed by atoms with Crippen LogP contribution in [0.3, 0.4) is 0 Å². The van der Waals surface area contributed by atoms with E-state index in [1.165, 1.54) is 16.5 Å². The number of aromatic amines is 1. The quantitative estimate of drug-likeness (QED) is 0.804. The fourth-order valence-electron chi connectivity index (χ4n) is 3.45. The maximum atomic E-state index is 5.21. The third kappa shape index (κ3) is 2.44. The molecule has 1 aliphatic rings. The maximum absolute atomic E-state index is 5.21. The number of nitrogens with zero attached hydrogens (tertiary/aromatic N) is 4. The number of H-pyrrole nitrogens is 1. The van der Waals surface area contributed by atoms with Crippen LogP contribution in [0.4, 0.5) is 0 Å². The number of nitrogens with one attached hydrogen (secondary N) is 1. The van der Waals surface area contributed by atoms with Crippen LogP contribution in [0.2, 0.25) is 0 Å². The molecule has 0 radical (unpaired) electrons. The smallest absolute Gasteiger partial charge is 0.159 e. The van der Waals surface area contributed by atoms with E-state index in [0.29, 0.717) is 6.61 Å². The van der Waals surface area contributed by atoms with Crippen LogP contribution >= 0.6 is 0 Å². The second-order valence-electron chi connectivity index (χ2n) is 6.06. The van der Waals surface area contributed by atoms with Gasteiger partial charge in [0, 0.05) is 43.8 Å². The van der Waals surface area contributed by atoms with Crippen molar-refractivity contribution in [2.45, 2.75) is 32.7 Å². The molecule has 2 aromatic heterocycles. The first-order chi connectivity index (χ1) is 11.3. The molecule has 0 amide bonds. The first-order valence-corrected chi connectivity index (χ1v) is 7.98. The summed E-state index contributed by atoms with van der Waals surface area (Å²) in [4.78, 5) is 5.74. The van der Waals surface area contributed by atoms with Crippen LogP contribution in [0.5, 0.6) is 0 Å². The van der Waals surface area contributed by atoms with Crippen molar-refractivity contribution in [2.75, 3.05) is 13.7 Å². The third-order valence-electron chi connectivity index (χ3n) is 4.72. The minimum Gasteiger partial charge on any atom is -0.377 e. The summed E-state index contributed by atoms with van der Waals surface area (Å²) in [7, 11) is 1.69. The number of methoxy groups -OCH3 is 1. The van der Waals surface area contributed by atoms with Gasteiger partial charge in [0.1, 0.15) is 12.4 Å². The molecule has 23 heavy (non-hydrogen) atoms. The van der Waals surface area contributed by atoms with Gasteiger partial charge in [-0.25, -0.2) is 0 Å². The standard InChI is InChI=1S/C17H21N5O/c1-12-17-20-19-16(11-23-2)22(17)9-8-21(12)10-13-4-3-5-15-14(13)6-7-18-15/h3-7,12,18H,8-11H2,1-2H3/t12-/m0/s1. The SMILES string of the molecule is COCc1nnc2n1CCN(Cc1cccc3[nH]ccc13)[C@H]2C. The van der Waals surface area contributed by atoms with E-state index in [4.69, 9.17) is 4.74 Å². The van der Waals surface area contributed by atoms with Crippen molar-refractivity contribution in [3.8, 4) is 0 Å². The lowest BCUT2D eigenvalue weighted by atomic mass is 10.1. The van der Waals surface area contributed by atoms with Crippen LogP contribution in [-0.4, -0.2) is 38.3 Å². The van der Waals surface area contributed by atoms with E-state index in [0.717, 1.165) is 31.3 Å². The van der Waals surface area contributed by atoms with Crippen molar-refractivity contribution in [3.63, 3.8) is 0 Å². The van der Waals surface area contributed by atoms with E-state index >= 15 is 0 Å². The van der Waals surface area contributed by atoms with Gasteiger partial charge in [-0.3, -0.25) is 4.90 Å². The minimum absolute atomic E-state index is 0.246. The second-order valence-corrected chi connectivity index (χ2v) is 6.06. The Morgan fingerprint density at radius 2 is 2.17 bits per heavy atom. The molecule has 3 heterocycles. The predicted octanol–water partition coefficient (Wildman–Crippen LogP) is 2.48. The summed E-state index contributed by atoms with van der Waals surface area (Å²) in [6, 6.07) is 8.83. The van der Waals surface area contributed by atoms with Gasteiger partial charge in [-0.05, 0) is 24.6 Å². The highest BCUT2D eigenvalue weighted by molar-refractivity contribution is 5.82. The third-order valence-corrected chi connectivity index (χ3v) is 4.72. The summed E-state index contributed by atoms with van der Waals surface area (Å²) in [6.07, 6.45) is 2.00. The number of ether oxygens (including phenoxy) is 1. The summed E-state index contributed by atoms with van der Waals surface area (Å²) in [5.74, 6) is 1.95. The van der Waals surface area contributed by atoms with E-state index in [1.807, 2.05) is 6.20 Å². The van der Waals surface area contributed by atoms with Gasteiger partial charge >= 0.3 is 0 Å². The van der Waals surface area contributed by atoms with Gasteiger partial charge in [0.05, 0.1) is 6.04 Å². The maximum Gasteiger partial charge on any atom is 0.159 e. The average molecular weight is 311 g/mol. The Labute approximate surface area is 135 Å². The Bertz CT molecular complexity index is 821. The van der Waals surface area contributed by atoms with Crippen LogP contribution in [0.1, 0.15) is 30.2 Å². The zero-order valence-electron chi connectivity index (χ0n) is 13.5. The first kappa shape index (κ1) is 14.4. The summed E-state index contributed by atoms with van der Waals surface area (Å²) in [6.45, 7) is 5.54. The molecule has 0 aliphatic carbocycles. The lowest BCUT2D eigenvalue weighted by molar-refractivity contribution is 0.143. The van der Waals surface area contributed by atoms with Crippen molar-refractivity contribution in [1.82, 2.24) is 24.6 Å². The molecule has 0 bridgehead atoms. The fraction of sp³-hybridized carbons (Fsp3) is 0.412. The molecular formula is C17H21N5O. The van der Waals surface area contributed by atoms with Crippen molar-refractivity contribution in [3.05, 3.63) is 47.7 Å². The topological polar surface area (TPSA) is 59.0 Å². The molecule has 0 fully saturated rings. The zero-order chi connectivity index (χ0) is 15.8. The molecule has 0 saturated heterocycles. The first-order valence-electron chi connectivity index (χ1n) is 7.98. The lowest BCUT2D eigenvalue weighted by Crippen LogP contribution is -2.37. The van der Waals surface area contributed by atoms with E-state index in [-0.39, 0.29) is 6.04 Å². The van der Waals surface area contributed by atoms with Crippen molar-refractivity contribution < 1.29 is 4.74 Å². The van der Waals surface area contributed by atoms with Crippen LogP contribution in [0.25, 0.3) is 10.9 Å². The molecule has 1 N–H and O–H groups in total. The van der Waals surface area contributed by atoms with Crippen LogP contribution < -0.4 is 0 Å².